The van der Waals surface area contributed by atoms with Crippen LogP contribution < -0.4 is 9.79 Å². The maximum absolute atomic E-state index is 11.0. The Morgan fingerprint density at radius 1 is 1.53 bits per heavy atom. The minimum absolute atomic E-state index is 0.214. The zero-order valence-electron chi connectivity index (χ0n) is 8.32. The van der Waals surface area contributed by atoms with E-state index < -0.39 is 5.97 Å². The van der Waals surface area contributed by atoms with Crippen molar-refractivity contribution in [3.8, 4) is 0 Å². The SMILES string of the molecule is Cn1c2ccc(I)cc2c(C(=O)[O-])[n+]1C. The lowest BCUT2D eigenvalue weighted by Crippen LogP contribution is -2.45. The van der Waals surface area contributed by atoms with Crippen LogP contribution in [-0.4, -0.2) is 10.7 Å². The van der Waals surface area contributed by atoms with Crippen LogP contribution in [0.25, 0.3) is 10.9 Å². The highest BCUT2D eigenvalue weighted by Gasteiger charge is 2.20. The van der Waals surface area contributed by atoms with E-state index in [0.717, 1.165) is 9.09 Å². The number of carbonyl (C=O) groups excluding carboxylic acids is 1. The summed E-state index contributed by atoms with van der Waals surface area (Å²) in [6.45, 7) is 0. The van der Waals surface area contributed by atoms with E-state index in [1.807, 2.05) is 25.2 Å². The van der Waals surface area contributed by atoms with E-state index in [2.05, 4.69) is 22.6 Å². The van der Waals surface area contributed by atoms with Gasteiger partial charge in [-0.3, -0.25) is 0 Å². The molecule has 0 saturated carbocycles. The average molecular weight is 316 g/mol. The van der Waals surface area contributed by atoms with Gasteiger partial charge in [-0.2, -0.15) is 4.68 Å². The number of aryl methyl sites for hydroxylation is 1. The van der Waals surface area contributed by atoms with Crippen LogP contribution in [0, 0.1) is 3.57 Å². The third kappa shape index (κ3) is 1.50. The normalized spacial score (nSPS) is 10.9. The van der Waals surface area contributed by atoms with Crippen molar-refractivity contribution in [1.29, 1.82) is 0 Å². The van der Waals surface area contributed by atoms with Gasteiger partial charge in [0.15, 0.2) is 7.05 Å². The van der Waals surface area contributed by atoms with Crippen LogP contribution in [0.2, 0.25) is 0 Å². The lowest BCUT2D eigenvalue weighted by molar-refractivity contribution is -0.752. The fourth-order valence-electron chi connectivity index (χ4n) is 1.71. The molecule has 78 valence electrons. The van der Waals surface area contributed by atoms with Crippen LogP contribution >= 0.6 is 22.6 Å². The number of halogens is 1. The Hall–Kier alpha value is -1.11. The molecule has 5 heteroatoms. The van der Waals surface area contributed by atoms with Gasteiger partial charge < -0.3 is 9.90 Å². The van der Waals surface area contributed by atoms with Gasteiger partial charge in [0.25, 0.3) is 5.69 Å². The zero-order valence-corrected chi connectivity index (χ0v) is 10.5. The van der Waals surface area contributed by atoms with Gasteiger partial charge in [0, 0.05) is 3.57 Å². The maximum Gasteiger partial charge on any atom is 0.261 e. The summed E-state index contributed by atoms with van der Waals surface area (Å²) in [4.78, 5) is 11.0. The van der Waals surface area contributed by atoms with Crippen molar-refractivity contribution < 1.29 is 14.6 Å². The van der Waals surface area contributed by atoms with Crippen LogP contribution in [0.15, 0.2) is 18.2 Å². The highest BCUT2D eigenvalue weighted by Crippen LogP contribution is 2.18. The summed E-state index contributed by atoms with van der Waals surface area (Å²) in [7, 11) is 3.53. The molecule has 1 aromatic heterocycles. The Kier molecular flexibility index (Phi) is 2.41. The number of aromatic carboxylic acids is 1. The molecule has 0 aliphatic heterocycles. The van der Waals surface area contributed by atoms with E-state index in [-0.39, 0.29) is 5.69 Å². The molecule has 4 nitrogen and oxygen atoms in total. The van der Waals surface area contributed by atoms with Crippen molar-refractivity contribution in [2.45, 2.75) is 0 Å². The lowest BCUT2D eigenvalue weighted by atomic mass is 10.2. The Morgan fingerprint density at radius 3 is 2.80 bits per heavy atom. The van der Waals surface area contributed by atoms with Gasteiger partial charge >= 0.3 is 0 Å². The first-order valence-corrected chi connectivity index (χ1v) is 5.46. The maximum atomic E-state index is 11.0. The fourth-order valence-corrected chi connectivity index (χ4v) is 2.20. The molecule has 0 aliphatic carbocycles. The molecule has 0 radical (unpaired) electrons. The summed E-state index contributed by atoms with van der Waals surface area (Å²) in [5.41, 5.74) is 1.10. The van der Waals surface area contributed by atoms with E-state index >= 15 is 0 Å². The predicted octanol–water partition coefficient (Wildman–Crippen LogP) is -0.0291. The van der Waals surface area contributed by atoms with Gasteiger partial charge in [-0.05, 0) is 40.8 Å². The first kappa shape index (κ1) is 10.4. The Balaban J connectivity index is 2.95. The zero-order chi connectivity index (χ0) is 11.2. The Morgan fingerprint density at radius 2 is 2.20 bits per heavy atom. The highest BCUT2D eigenvalue weighted by atomic mass is 127. The third-order valence-corrected chi connectivity index (χ3v) is 3.20. The minimum Gasteiger partial charge on any atom is -0.539 e. The molecule has 0 spiro atoms. The van der Waals surface area contributed by atoms with Gasteiger partial charge in [0.05, 0.1) is 12.4 Å². The molecule has 15 heavy (non-hydrogen) atoms. The van der Waals surface area contributed by atoms with E-state index in [4.69, 9.17) is 0 Å². The van der Waals surface area contributed by atoms with Crippen molar-refractivity contribution in [2.24, 2.45) is 14.1 Å². The molecule has 2 rings (SSSR count). The minimum atomic E-state index is -1.15. The largest absolute Gasteiger partial charge is 0.539 e. The number of aromatic nitrogens is 2. The van der Waals surface area contributed by atoms with Crippen LogP contribution in [0.3, 0.4) is 0 Å². The lowest BCUT2D eigenvalue weighted by Gasteiger charge is -1.95. The van der Waals surface area contributed by atoms with Gasteiger partial charge in [-0.25, -0.2) is 0 Å². The summed E-state index contributed by atoms with van der Waals surface area (Å²) in [6.07, 6.45) is 0. The number of fused-ring (bicyclic) bond motifs is 1. The number of hydrogen-bond donors (Lipinski definition) is 0. The quantitative estimate of drug-likeness (QED) is 0.548. The molecule has 1 aromatic carbocycles. The molecule has 1 heterocycles. The first-order valence-electron chi connectivity index (χ1n) is 4.38. The number of hydrogen-bond acceptors (Lipinski definition) is 2. The van der Waals surface area contributed by atoms with Crippen LogP contribution in [0.4, 0.5) is 0 Å². The van der Waals surface area contributed by atoms with Gasteiger partial charge in [0.1, 0.15) is 11.5 Å². The van der Waals surface area contributed by atoms with Crippen molar-refractivity contribution in [3.05, 3.63) is 27.5 Å². The molecule has 0 unspecified atom stereocenters. The van der Waals surface area contributed by atoms with E-state index in [1.165, 1.54) is 0 Å². The highest BCUT2D eigenvalue weighted by molar-refractivity contribution is 14.1. The molecule has 0 atom stereocenters. The van der Waals surface area contributed by atoms with Gasteiger partial charge in [-0.15, -0.1) is 4.68 Å². The van der Waals surface area contributed by atoms with E-state index in [0.29, 0.717) is 5.39 Å². The monoisotopic (exact) mass is 316 g/mol. The Labute approximate surface area is 100 Å². The molecular formula is C10H9IN2O2. The third-order valence-electron chi connectivity index (χ3n) is 2.53. The molecule has 0 amide bonds. The number of rotatable bonds is 1. The standard InChI is InChI=1S/C10H9IN2O2/c1-12-8-4-3-6(11)5-7(8)9(10(14)15)13(12)2/h3-5H,1-2H3. The van der Waals surface area contributed by atoms with Crippen LogP contribution in [-0.2, 0) is 14.1 Å². The summed E-state index contributed by atoms with van der Waals surface area (Å²) in [5, 5.41) is 11.7. The summed E-state index contributed by atoms with van der Waals surface area (Å²) in [6, 6.07) is 5.70. The second-order valence-electron chi connectivity index (χ2n) is 3.34. The van der Waals surface area contributed by atoms with E-state index in [1.54, 1.807) is 16.4 Å². The second-order valence-corrected chi connectivity index (χ2v) is 4.59. The summed E-state index contributed by atoms with van der Waals surface area (Å²) in [5.74, 6) is -1.15. The number of carboxylic acid groups (broad SMARTS) is 1. The topological polar surface area (TPSA) is 48.9 Å². The van der Waals surface area contributed by atoms with Crippen molar-refractivity contribution >= 4 is 39.5 Å². The summed E-state index contributed by atoms with van der Waals surface area (Å²) >= 11 is 2.16. The van der Waals surface area contributed by atoms with Gasteiger partial charge in [0.2, 0.25) is 0 Å². The molecule has 0 aliphatic rings. The molecule has 2 aromatic rings. The molecular weight excluding hydrogens is 307 g/mol. The van der Waals surface area contributed by atoms with Gasteiger partial charge in [-0.1, -0.05) is 0 Å². The number of benzene rings is 1. The first-order chi connectivity index (χ1) is 7.02. The van der Waals surface area contributed by atoms with Crippen molar-refractivity contribution in [3.63, 3.8) is 0 Å². The number of nitrogens with zero attached hydrogens (tertiary/aromatic N) is 2. The van der Waals surface area contributed by atoms with Crippen LogP contribution in [0.1, 0.15) is 10.5 Å². The second kappa shape index (κ2) is 3.48. The molecule has 0 fully saturated rings. The number of carboxylic acids is 1. The average Bonchev–Trinajstić information content (AvgIpc) is 2.39. The van der Waals surface area contributed by atoms with Crippen LogP contribution in [0.5, 0.6) is 0 Å². The van der Waals surface area contributed by atoms with Crippen molar-refractivity contribution in [2.75, 3.05) is 0 Å². The predicted molar refractivity (Wildman–Crippen MR) is 61.1 cm³/mol. The number of carbonyl (C=O) groups is 1. The Bertz CT molecular complexity index is 560. The molecule has 0 saturated heterocycles. The smallest absolute Gasteiger partial charge is 0.261 e. The van der Waals surface area contributed by atoms with Crippen molar-refractivity contribution in [1.82, 2.24) is 4.68 Å². The molecule has 0 N–H and O–H groups in total. The fraction of sp³-hybridized carbons (Fsp3) is 0.200. The molecule has 0 bridgehead atoms. The van der Waals surface area contributed by atoms with E-state index in [9.17, 15) is 9.90 Å². The summed E-state index contributed by atoms with van der Waals surface area (Å²) < 4.78 is 4.38.